The second-order valence-electron chi connectivity index (χ2n) is 6.95. The van der Waals surface area contributed by atoms with E-state index in [1.54, 1.807) is 12.1 Å². The maximum atomic E-state index is 13.4. The zero-order chi connectivity index (χ0) is 22.7. The van der Waals surface area contributed by atoms with Crippen LogP contribution in [0.3, 0.4) is 0 Å². The molecule has 0 bridgehead atoms. The van der Waals surface area contributed by atoms with Crippen molar-refractivity contribution in [1.82, 2.24) is 14.0 Å². The molecule has 2 N–H and O–H groups in total. The molecule has 32 heavy (non-hydrogen) atoms. The minimum Gasteiger partial charge on any atom is -0.383 e. The highest BCUT2D eigenvalue weighted by Gasteiger charge is 2.25. The molecule has 0 radical (unpaired) electrons. The fraction of sp³-hybridized carbons (Fsp3) is 0. The number of nitro groups is 1. The molecule has 11 nitrogen and oxygen atoms in total. The first-order valence-electron chi connectivity index (χ1n) is 9.15. The van der Waals surface area contributed by atoms with Gasteiger partial charge in [0.1, 0.15) is 17.5 Å². The normalized spacial score (nSPS) is 11.2. The number of pyridine rings is 1. The third kappa shape index (κ3) is 2.34. The fourth-order valence-corrected chi connectivity index (χ4v) is 3.84. The van der Waals surface area contributed by atoms with Crippen molar-refractivity contribution in [2.24, 2.45) is 0 Å². The summed E-state index contributed by atoms with van der Waals surface area (Å²) in [5.41, 5.74) is 3.50. The maximum absolute atomic E-state index is 13.4. The molecule has 0 atom stereocenters. The van der Waals surface area contributed by atoms with E-state index in [2.05, 4.69) is 4.98 Å². The van der Waals surface area contributed by atoms with E-state index in [1.807, 2.05) is 6.07 Å². The van der Waals surface area contributed by atoms with Crippen molar-refractivity contribution in [2.45, 2.75) is 0 Å². The van der Waals surface area contributed by atoms with Crippen LogP contribution in [-0.2, 0) is 0 Å². The number of nitrogen functional groups attached to an aromatic ring is 1. The number of hydrogen-bond acceptors (Lipinski definition) is 8. The Morgan fingerprint density at radius 2 is 1.53 bits per heavy atom. The predicted octanol–water partition coefficient (Wildman–Crippen LogP) is 1.29. The molecule has 5 rings (SSSR count). The molecule has 0 fully saturated rings. The first kappa shape index (κ1) is 18.9. The van der Waals surface area contributed by atoms with Crippen molar-refractivity contribution in [3.63, 3.8) is 0 Å². The van der Waals surface area contributed by atoms with Gasteiger partial charge in [0.25, 0.3) is 22.4 Å². The maximum Gasteiger partial charge on any atom is 0.284 e. The highest BCUT2D eigenvalue weighted by atomic mass is 16.6. The fourth-order valence-electron chi connectivity index (χ4n) is 3.84. The van der Waals surface area contributed by atoms with Gasteiger partial charge in [0.2, 0.25) is 0 Å². The van der Waals surface area contributed by atoms with Gasteiger partial charge in [0, 0.05) is 17.7 Å². The summed E-state index contributed by atoms with van der Waals surface area (Å²) < 4.78 is 1.51. The van der Waals surface area contributed by atoms with E-state index in [9.17, 15) is 29.8 Å². The predicted molar refractivity (Wildman–Crippen MR) is 115 cm³/mol. The Kier molecular flexibility index (Phi) is 3.80. The highest BCUT2D eigenvalue weighted by molar-refractivity contribution is 5.98. The Hall–Kier alpha value is -5.11. The van der Waals surface area contributed by atoms with Gasteiger partial charge in [-0.2, -0.15) is 14.3 Å². The molecule has 2 aromatic carbocycles. The molecule has 0 saturated heterocycles. The number of benzene rings is 2. The Morgan fingerprint density at radius 1 is 0.938 bits per heavy atom. The highest BCUT2D eigenvalue weighted by Crippen LogP contribution is 2.33. The average Bonchev–Trinajstić information content (AvgIpc) is 3.08. The van der Waals surface area contributed by atoms with Gasteiger partial charge in [-0.1, -0.05) is 12.1 Å². The molecule has 154 valence electrons. The van der Waals surface area contributed by atoms with Gasteiger partial charge in [0.05, 0.1) is 21.1 Å². The smallest absolute Gasteiger partial charge is 0.284 e. The summed E-state index contributed by atoms with van der Waals surface area (Å²) in [5, 5.41) is 20.7. The van der Waals surface area contributed by atoms with E-state index in [0.717, 1.165) is 4.52 Å². The zero-order valence-electron chi connectivity index (χ0n) is 16.0. The van der Waals surface area contributed by atoms with Crippen LogP contribution < -0.4 is 22.4 Å². The van der Waals surface area contributed by atoms with Crippen molar-refractivity contribution < 1.29 is 4.92 Å². The van der Waals surface area contributed by atoms with Crippen LogP contribution in [0.4, 0.5) is 11.5 Å². The van der Waals surface area contributed by atoms with Crippen molar-refractivity contribution in [3.05, 3.63) is 95.3 Å². The van der Waals surface area contributed by atoms with Gasteiger partial charge < -0.3 is 5.73 Å². The van der Waals surface area contributed by atoms with E-state index in [4.69, 9.17) is 5.73 Å². The van der Waals surface area contributed by atoms with Crippen LogP contribution in [-0.4, -0.2) is 18.9 Å². The van der Waals surface area contributed by atoms with Crippen LogP contribution in [0, 0.1) is 21.4 Å². The zero-order valence-corrected chi connectivity index (χ0v) is 16.0. The van der Waals surface area contributed by atoms with E-state index < -0.39 is 21.6 Å². The Morgan fingerprint density at radius 3 is 2.09 bits per heavy atom. The van der Waals surface area contributed by atoms with Crippen molar-refractivity contribution in [2.75, 3.05) is 5.73 Å². The van der Waals surface area contributed by atoms with Crippen molar-refractivity contribution >= 4 is 33.3 Å². The van der Waals surface area contributed by atoms with E-state index in [1.165, 1.54) is 36.4 Å². The van der Waals surface area contributed by atoms with Crippen LogP contribution in [0.2, 0.25) is 0 Å². The van der Waals surface area contributed by atoms with Gasteiger partial charge in [-0.05, 0) is 29.8 Å². The number of nitro benzene ring substituents is 1. The summed E-state index contributed by atoms with van der Waals surface area (Å²) in [6.45, 7) is 0. The third-order valence-corrected chi connectivity index (χ3v) is 5.26. The lowest BCUT2D eigenvalue weighted by molar-refractivity contribution is -0.384. The van der Waals surface area contributed by atoms with Crippen LogP contribution in [0.1, 0.15) is 5.56 Å². The number of anilines is 1. The van der Waals surface area contributed by atoms with Gasteiger partial charge in [-0.15, -0.1) is 0 Å². The molecule has 11 heteroatoms. The van der Waals surface area contributed by atoms with E-state index in [0.29, 0.717) is 4.52 Å². The monoisotopic (exact) mass is 426 g/mol. The summed E-state index contributed by atoms with van der Waals surface area (Å²) >= 11 is 0. The second-order valence-corrected chi connectivity index (χ2v) is 6.95. The molecule has 3 heterocycles. The standard InChI is InChI=1S/C21H10N6O5/c22-9-14-15(10-5-7-11(8-6-10)27(31)32)16-18(24-17(14)23)25-19(28)12-3-1-2-4-13(12)20(29)26(25)21(16)30/h1-8H,(H2,23,24). The summed E-state index contributed by atoms with van der Waals surface area (Å²) in [4.78, 5) is 54.0. The number of nitrogens with zero attached hydrogens (tertiary/aromatic N) is 5. The topological polar surface area (TPSA) is 166 Å². The molecular weight excluding hydrogens is 416 g/mol. The molecule has 0 unspecified atom stereocenters. The van der Waals surface area contributed by atoms with Crippen LogP contribution in [0.15, 0.2) is 62.9 Å². The molecule has 0 saturated carbocycles. The number of fused-ring (bicyclic) bond motifs is 4. The summed E-state index contributed by atoms with van der Waals surface area (Å²) in [5.74, 6) is -0.256. The number of hydrogen-bond donors (Lipinski definition) is 1. The molecule has 5 aromatic rings. The number of aromatic nitrogens is 3. The van der Waals surface area contributed by atoms with E-state index in [-0.39, 0.29) is 50.0 Å². The summed E-state index contributed by atoms with van der Waals surface area (Å²) in [7, 11) is 0. The lowest BCUT2D eigenvalue weighted by Crippen LogP contribution is -2.33. The average molecular weight is 426 g/mol. The summed E-state index contributed by atoms with van der Waals surface area (Å²) in [6, 6.07) is 13.1. The lowest BCUT2D eigenvalue weighted by atomic mass is 9.98. The molecule has 3 aromatic heterocycles. The van der Waals surface area contributed by atoms with Gasteiger partial charge in [-0.3, -0.25) is 24.5 Å². The molecule has 0 aliphatic carbocycles. The van der Waals surface area contributed by atoms with Gasteiger partial charge >= 0.3 is 0 Å². The number of nitrogens with two attached hydrogens (primary N) is 1. The number of nitriles is 1. The molecule has 0 amide bonds. The largest absolute Gasteiger partial charge is 0.383 e. The second kappa shape index (κ2) is 6.44. The van der Waals surface area contributed by atoms with Crippen molar-refractivity contribution in [3.8, 4) is 17.2 Å². The Labute approximate surface area is 176 Å². The third-order valence-electron chi connectivity index (χ3n) is 5.26. The Balaban J connectivity index is 2.06. The molecule has 0 aliphatic rings. The van der Waals surface area contributed by atoms with Gasteiger partial charge in [0.15, 0.2) is 5.65 Å². The molecule has 0 aliphatic heterocycles. The first-order chi connectivity index (χ1) is 15.3. The van der Waals surface area contributed by atoms with Crippen LogP contribution in [0.5, 0.6) is 0 Å². The van der Waals surface area contributed by atoms with Crippen LogP contribution in [0.25, 0.3) is 32.9 Å². The van der Waals surface area contributed by atoms with Crippen LogP contribution >= 0.6 is 0 Å². The Bertz CT molecular complexity index is 1830. The van der Waals surface area contributed by atoms with Crippen molar-refractivity contribution in [1.29, 1.82) is 5.26 Å². The minimum atomic E-state index is -0.856. The summed E-state index contributed by atoms with van der Waals surface area (Å²) in [6.07, 6.45) is 0. The van der Waals surface area contributed by atoms with Gasteiger partial charge in [-0.25, -0.2) is 4.98 Å². The quantitative estimate of drug-likeness (QED) is 0.325. The molecular formula is C21H10N6O5. The lowest BCUT2D eigenvalue weighted by Gasteiger charge is -2.07. The first-order valence-corrected chi connectivity index (χ1v) is 9.15. The minimum absolute atomic E-state index is 0.0361. The number of non-ortho nitro benzene ring substituents is 1. The number of rotatable bonds is 2. The molecule has 0 spiro atoms. The SMILES string of the molecule is N#Cc1c(N)nc2c(c1-c1ccc([N+](=O)[O-])cc1)c(=O)n1c(=O)c3ccccc3c(=O)n21. The van der Waals surface area contributed by atoms with E-state index >= 15 is 0 Å².